The molecule has 25 heavy (non-hydrogen) atoms. The minimum atomic E-state index is -0.824. The molecule has 0 aromatic carbocycles. The number of carbonyl (C=O) groups excluding carboxylic acids is 2. The summed E-state index contributed by atoms with van der Waals surface area (Å²) in [5.74, 6) is -1.38. The van der Waals surface area contributed by atoms with E-state index in [1.54, 1.807) is 0 Å². The summed E-state index contributed by atoms with van der Waals surface area (Å²) in [6.07, 6.45) is 11.4. The maximum Gasteiger partial charge on any atom is 0.316 e. The Hall–Kier alpha value is -1.66. The zero-order chi connectivity index (χ0) is 17.8. The molecule has 3 fully saturated rings. The Balaban J connectivity index is 1.56. The van der Waals surface area contributed by atoms with Gasteiger partial charge in [0.05, 0.1) is 0 Å². The van der Waals surface area contributed by atoms with Gasteiger partial charge in [-0.05, 0) is 25.7 Å². The van der Waals surface area contributed by atoms with Crippen LogP contribution in [0, 0.1) is 16.0 Å². The van der Waals surface area contributed by atoms with Crippen LogP contribution in [0.25, 0.3) is 0 Å². The van der Waals surface area contributed by atoms with Crippen LogP contribution in [-0.2, 0) is 14.3 Å². The molecule has 0 saturated heterocycles. The third kappa shape index (κ3) is 4.50. The largest absolute Gasteiger partial charge is 0.455 e. The molecule has 7 heteroatoms. The standard InChI is InChI=1S/C18H28N2O5/c21-17(12-25-18(22)15-11-16(15)20(23)24)19(13-7-3-1-4-8-13)14-9-5-2-6-10-14/h13-16H,1-12H2. The van der Waals surface area contributed by atoms with Crippen molar-refractivity contribution >= 4 is 11.9 Å². The van der Waals surface area contributed by atoms with Crippen molar-refractivity contribution in [1.82, 2.24) is 4.90 Å². The lowest BCUT2D eigenvalue weighted by Crippen LogP contribution is -2.50. The predicted molar refractivity (Wildman–Crippen MR) is 90.4 cm³/mol. The molecular formula is C18H28N2O5. The molecule has 2 unspecified atom stereocenters. The highest BCUT2D eigenvalue weighted by Gasteiger charge is 2.54. The van der Waals surface area contributed by atoms with Crippen molar-refractivity contribution in [3.8, 4) is 0 Å². The zero-order valence-corrected chi connectivity index (χ0v) is 14.7. The van der Waals surface area contributed by atoms with Crippen molar-refractivity contribution in [3.63, 3.8) is 0 Å². The molecule has 0 N–H and O–H groups in total. The molecule has 0 aromatic heterocycles. The highest BCUT2D eigenvalue weighted by atomic mass is 16.6. The van der Waals surface area contributed by atoms with E-state index < -0.39 is 22.9 Å². The summed E-state index contributed by atoms with van der Waals surface area (Å²) in [5, 5.41) is 10.7. The summed E-state index contributed by atoms with van der Waals surface area (Å²) >= 11 is 0. The average molecular weight is 352 g/mol. The van der Waals surface area contributed by atoms with Gasteiger partial charge in [0.15, 0.2) is 6.61 Å². The second kappa shape index (κ2) is 8.15. The second-order valence-electron chi connectivity index (χ2n) is 7.69. The van der Waals surface area contributed by atoms with Crippen LogP contribution in [0.3, 0.4) is 0 Å². The van der Waals surface area contributed by atoms with Gasteiger partial charge >= 0.3 is 5.97 Å². The quantitative estimate of drug-likeness (QED) is 0.416. The van der Waals surface area contributed by atoms with E-state index in [-0.39, 0.29) is 31.0 Å². The molecule has 3 rings (SSSR count). The summed E-state index contributed by atoms with van der Waals surface area (Å²) < 4.78 is 5.14. The van der Waals surface area contributed by atoms with Gasteiger partial charge in [-0.2, -0.15) is 0 Å². The Labute approximate surface area is 148 Å². The molecule has 3 saturated carbocycles. The van der Waals surface area contributed by atoms with Gasteiger partial charge in [-0.1, -0.05) is 38.5 Å². The van der Waals surface area contributed by atoms with E-state index in [1.807, 2.05) is 4.90 Å². The molecule has 140 valence electrons. The minimum Gasteiger partial charge on any atom is -0.455 e. The first-order chi connectivity index (χ1) is 12.1. The van der Waals surface area contributed by atoms with Crippen molar-refractivity contribution in [2.75, 3.05) is 6.61 Å². The number of nitro groups is 1. The molecule has 3 aliphatic carbocycles. The normalized spacial score (nSPS) is 27.5. The number of hydrogen-bond acceptors (Lipinski definition) is 5. The third-order valence-corrected chi connectivity index (χ3v) is 5.89. The first-order valence-corrected chi connectivity index (χ1v) is 9.69. The Morgan fingerprint density at radius 3 is 1.92 bits per heavy atom. The van der Waals surface area contributed by atoms with E-state index in [4.69, 9.17) is 4.74 Å². The van der Waals surface area contributed by atoms with Crippen molar-refractivity contribution in [2.45, 2.75) is 88.8 Å². The van der Waals surface area contributed by atoms with Gasteiger partial charge in [-0.15, -0.1) is 0 Å². The van der Waals surface area contributed by atoms with Crippen LogP contribution in [0.2, 0.25) is 0 Å². The highest BCUT2D eigenvalue weighted by molar-refractivity contribution is 5.83. The van der Waals surface area contributed by atoms with Gasteiger partial charge in [0.25, 0.3) is 5.91 Å². The van der Waals surface area contributed by atoms with Crippen molar-refractivity contribution in [1.29, 1.82) is 0 Å². The number of amides is 1. The van der Waals surface area contributed by atoms with Crippen LogP contribution in [-0.4, -0.2) is 46.4 Å². The third-order valence-electron chi connectivity index (χ3n) is 5.89. The van der Waals surface area contributed by atoms with E-state index in [1.165, 1.54) is 12.8 Å². The molecule has 7 nitrogen and oxygen atoms in total. The fourth-order valence-corrected chi connectivity index (χ4v) is 4.41. The number of hydrogen-bond donors (Lipinski definition) is 0. The van der Waals surface area contributed by atoms with E-state index in [0.29, 0.717) is 0 Å². The number of rotatable bonds is 6. The monoisotopic (exact) mass is 352 g/mol. The SMILES string of the molecule is O=C(OCC(=O)N(C1CCCCC1)C1CCCCC1)C1CC1[N+](=O)[O-]. The zero-order valence-electron chi connectivity index (χ0n) is 14.7. The van der Waals surface area contributed by atoms with Gasteiger partial charge in [0.1, 0.15) is 5.92 Å². The lowest BCUT2D eigenvalue weighted by molar-refractivity contribution is -0.497. The van der Waals surface area contributed by atoms with Gasteiger partial charge in [-0.25, -0.2) is 0 Å². The van der Waals surface area contributed by atoms with Gasteiger partial charge in [0.2, 0.25) is 6.04 Å². The number of ether oxygens (including phenoxy) is 1. The number of carbonyl (C=O) groups is 2. The molecule has 3 aliphatic rings. The summed E-state index contributed by atoms with van der Waals surface area (Å²) in [6, 6.07) is -0.304. The fourth-order valence-electron chi connectivity index (χ4n) is 4.41. The molecule has 0 radical (unpaired) electrons. The van der Waals surface area contributed by atoms with Crippen molar-refractivity contribution < 1.29 is 19.2 Å². The van der Waals surface area contributed by atoms with Crippen LogP contribution >= 0.6 is 0 Å². The Morgan fingerprint density at radius 2 is 1.48 bits per heavy atom. The molecule has 0 aromatic rings. The van der Waals surface area contributed by atoms with E-state index in [0.717, 1.165) is 51.4 Å². The fraction of sp³-hybridized carbons (Fsp3) is 0.889. The topological polar surface area (TPSA) is 89.8 Å². The summed E-state index contributed by atoms with van der Waals surface area (Å²) in [5.41, 5.74) is 0. The van der Waals surface area contributed by atoms with Crippen molar-refractivity contribution in [2.24, 2.45) is 5.92 Å². The van der Waals surface area contributed by atoms with E-state index in [2.05, 4.69) is 0 Å². The Bertz CT molecular complexity index is 494. The summed E-state index contributed by atoms with van der Waals surface area (Å²) in [6.45, 7) is -0.271. The number of nitrogens with zero attached hydrogens (tertiary/aromatic N) is 2. The number of esters is 1. The van der Waals surface area contributed by atoms with Gasteiger partial charge < -0.3 is 9.64 Å². The van der Waals surface area contributed by atoms with Crippen LogP contribution in [0.5, 0.6) is 0 Å². The second-order valence-corrected chi connectivity index (χ2v) is 7.69. The summed E-state index contributed by atoms with van der Waals surface area (Å²) in [7, 11) is 0. The smallest absolute Gasteiger partial charge is 0.316 e. The Kier molecular flexibility index (Phi) is 5.91. The molecule has 0 bridgehead atoms. The molecule has 1 amide bonds. The predicted octanol–water partition coefficient (Wildman–Crippen LogP) is 2.69. The van der Waals surface area contributed by atoms with E-state index >= 15 is 0 Å². The van der Waals surface area contributed by atoms with Crippen molar-refractivity contribution in [3.05, 3.63) is 10.1 Å². The van der Waals surface area contributed by atoms with Crippen LogP contribution in [0.4, 0.5) is 0 Å². The average Bonchev–Trinajstić information content (AvgIpc) is 3.43. The first kappa shape index (κ1) is 18.1. The maximum atomic E-state index is 12.8. The molecular weight excluding hydrogens is 324 g/mol. The molecule has 2 atom stereocenters. The molecule has 0 heterocycles. The lowest BCUT2D eigenvalue weighted by Gasteiger charge is -2.41. The van der Waals surface area contributed by atoms with Gasteiger partial charge in [0, 0.05) is 23.4 Å². The lowest BCUT2D eigenvalue weighted by atomic mass is 9.88. The summed E-state index contributed by atoms with van der Waals surface area (Å²) in [4.78, 5) is 36.9. The van der Waals surface area contributed by atoms with E-state index in [9.17, 15) is 19.7 Å². The Morgan fingerprint density at radius 1 is 0.960 bits per heavy atom. The molecule has 0 spiro atoms. The van der Waals surface area contributed by atoms with Crippen LogP contribution in [0.15, 0.2) is 0 Å². The maximum absolute atomic E-state index is 12.8. The van der Waals surface area contributed by atoms with Gasteiger partial charge in [-0.3, -0.25) is 19.7 Å². The van der Waals surface area contributed by atoms with Crippen LogP contribution < -0.4 is 0 Å². The first-order valence-electron chi connectivity index (χ1n) is 9.69. The highest BCUT2D eigenvalue weighted by Crippen LogP contribution is 2.34. The minimum absolute atomic E-state index is 0.120. The molecule has 0 aliphatic heterocycles. The van der Waals surface area contributed by atoms with Crippen LogP contribution in [0.1, 0.15) is 70.6 Å².